The second kappa shape index (κ2) is 12.0. The van der Waals surface area contributed by atoms with Gasteiger partial charge in [0.2, 0.25) is 10.0 Å². The molecule has 2 atom stereocenters. The van der Waals surface area contributed by atoms with E-state index in [1.807, 2.05) is 31.2 Å². The van der Waals surface area contributed by atoms with Crippen molar-refractivity contribution in [2.75, 3.05) is 13.1 Å². The van der Waals surface area contributed by atoms with E-state index in [2.05, 4.69) is 16.6 Å². The number of allylic oxidation sites excluding steroid dienone is 1. The van der Waals surface area contributed by atoms with Crippen LogP contribution in [0.25, 0.3) is 0 Å². The summed E-state index contributed by atoms with van der Waals surface area (Å²) in [5, 5.41) is 25.0. The fourth-order valence-corrected chi connectivity index (χ4v) is 4.49. The zero-order valence-electron chi connectivity index (χ0n) is 17.8. The van der Waals surface area contributed by atoms with Gasteiger partial charge in [0.25, 0.3) is 5.69 Å². The monoisotopic (exact) mass is 481 g/mol. The highest BCUT2D eigenvalue weighted by Crippen LogP contribution is 2.19. The van der Waals surface area contributed by atoms with Gasteiger partial charge in [0, 0.05) is 41.9 Å². The summed E-state index contributed by atoms with van der Waals surface area (Å²) in [7, 11) is -3.89. The maximum Gasteiger partial charge on any atom is 0.269 e. The lowest BCUT2D eigenvalue weighted by molar-refractivity contribution is -0.384. The van der Waals surface area contributed by atoms with Crippen molar-refractivity contribution in [3.8, 4) is 0 Å². The SMILES string of the molecule is C=C(NCCc1cccc(Cl)c1)[C@H](CC)C[C@H](O)CNS(=O)(=O)c1ccc([N+](=O)[O-])cc1. The van der Waals surface area contributed by atoms with Gasteiger partial charge in [-0.05, 0) is 49.1 Å². The van der Waals surface area contributed by atoms with Crippen molar-refractivity contribution in [2.24, 2.45) is 5.92 Å². The second-order valence-corrected chi connectivity index (χ2v) is 9.63. The zero-order valence-corrected chi connectivity index (χ0v) is 19.4. The van der Waals surface area contributed by atoms with Crippen LogP contribution in [-0.4, -0.2) is 37.6 Å². The Balaban J connectivity index is 1.83. The Kier molecular flexibility index (Phi) is 9.64. The Morgan fingerprint density at radius 1 is 1.25 bits per heavy atom. The van der Waals surface area contributed by atoms with E-state index in [1.165, 1.54) is 0 Å². The summed E-state index contributed by atoms with van der Waals surface area (Å²) in [5.74, 6) is -0.0340. The quantitative estimate of drug-likeness (QED) is 0.296. The van der Waals surface area contributed by atoms with Crippen molar-refractivity contribution in [3.05, 3.63) is 81.5 Å². The van der Waals surface area contributed by atoms with E-state index in [0.29, 0.717) is 18.0 Å². The van der Waals surface area contributed by atoms with E-state index in [4.69, 9.17) is 11.6 Å². The van der Waals surface area contributed by atoms with Crippen LogP contribution in [0, 0.1) is 16.0 Å². The average molecular weight is 482 g/mol. The van der Waals surface area contributed by atoms with Crippen LogP contribution in [0.5, 0.6) is 0 Å². The Morgan fingerprint density at radius 3 is 2.53 bits per heavy atom. The van der Waals surface area contributed by atoms with E-state index in [1.54, 1.807) is 0 Å². The molecule has 174 valence electrons. The van der Waals surface area contributed by atoms with Gasteiger partial charge in [0.05, 0.1) is 15.9 Å². The minimum absolute atomic E-state index is 0.0340. The number of sulfonamides is 1. The molecular formula is C22H28ClN3O5S. The fraction of sp³-hybridized carbons (Fsp3) is 0.364. The van der Waals surface area contributed by atoms with Crippen molar-refractivity contribution in [1.29, 1.82) is 0 Å². The molecule has 0 heterocycles. The number of nitro benzene ring substituents is 1. The van der Waals surface area contributed by atoms with Crippen molar-refractivity contribution < 1.29 is 18.4 Å². The third-order valence-corrected chi connectivity index (χ3v) is 6.74. The smallest absolute Gasteiger partial charge is 0.269 e. The Labute approximate surface area is 193 Å². The largest absolute Gasteiger partial charge is 0.392 e. The van der Waals surface area contributed by atoms with Gasteiger partial charge in [0.15, 0.2) is 0 Å². The predicted octanol–water partition coefficient (Wildman–Crippen LogP) is 3.65. The first-order chi connectivity index (χ1) is 15.1. The number of aliphatic hydroxyl groups is 1. The number of halogens is 1. The summed E-state index contributed by atoms with van der Waals surface area (Å²) in [4.78, 5) is 10.00. The molecule has 2 rings (SSSR count). The summed E-state index contributed by atoms with van der Waals surface area (Å²) in [6.07, 6.45) is 0.921. The molecule has 0 aliphatic heterocycles. The number of non-ortho nitro benzene ring substituents is 1. The first kappa shape index (κ1) is 25.8. The molecule has 0 saturated carbocycles. The van der Waals surface area contributed by atoms with Gasteiger partial charge in [0.1, 0.15) is 0 Å². The van der Waals surface area contributed by atoms with Gasteiger partial charge in [-0.3, -0.25) is 10.1 Å². The highest BCUT2D eigenvalue weighted by molar-refractivity contribution is 7.89. The summed E-state index contributed by atoms with van der Waals surface area (Å²) in [6, 6.07) is 12.2. The van der Waals surface area contributed by atoms with E-state index < -0.39 is 21.1 Å². The number of hydrogen-bond donors (Lipinski definition) is 3. The summed E-state index contributed by atoms with van der Waals surface area (Å²) < 4.78 is 27.1. The summed E-state index contributed by atoms with van der Waals surface area (Å²) >= 11 is 6.00. The van der Waals surface area contributed by atoms with Crippen LogP contribution in [0.2, 0.25) is 5.02 Å². The van der Waals surface area contributed by atoms with Gasteiger partial charge in [-0.25, -0.2) is 13.1 Å². The number of nitrogens with one attached hydrogen (secondary N) is 2. The molecule has 32 heavy (non-hydrogen) atoms. The molecule has 0 spiro atoms. The van der Waals surface area contributed by atoms with Crippen LogP contribution >= 0.6 is 11.6 Å². The molecule has 0 fully saturated rings. The lowest BCUT2D eigenvalue weighted by atomic mass is 9.95. The third-order valence-electron chi connectivity index (χ3n) is 5.06. The van der Waals surface area contributed by atoms with Crippen molar-refractivity contribution in [3.63, 3.8) is 0 Å². The van der Waals surface area contributed by atoms with Crippen LogP contribution < -0.4 is 10.0 Å². The predicted molar refractivity (Wildman–Crippen MR) is 125 cm³/mol. The van der Waals surface area contributed by atoms with Crippen LogP contribution in [0.4, 0.5) is 5.69 Å². The number of benzene rings is 2. The highest BCUT2D eigenvalue weighted by atomic mass is 35.5. The van der Waals surface area contributed by atoms with E-state index in [9.17, 15) is 23.6 Å². The van der Waals surface area contributed by atoms with Crippen LogP contribution in [0.1, 0.15) is 25.3 Å². The number of rotatable bonds is 13. The summed E-state index contributed by atoms with van der Waals surface area (Å²) in [6.45, 7) is 6.53. The minimum atomic E-state index is -3.89. The van der Waals surface area contributed by atoms with Gasteiger partial charge in [-0.1, -0.05) is 37.2 Å². The Bertz CT molecular complexity index is 1030. The van der Waals surface area contributed by atoms with Crippen LogP contribution in [-0.2, 0) is 16.4 Å². The Hall–Kier alpha value is -2.46. The molecule has 2 aromatic rings. The van der Waals surface area contributed by atoms with Gasteiger partial charge in [-0.2, -0.15) is 0 Å². The first-order valence-electron chi connectivity index (χ1n) is 10.2. The standard InChI is InChI=1S/C22H28ClN3O5S/c1-3-18(16(2)24-12-11-17-5-4-6-19(23)13-17)14-21(27)15-25-32(30,31)22-9-7-20(8-10-22)26(28)29/h4-10,13,18,21,24-25,27H,2-3,11-12,14-15H2,1H3/t18-,21+/m1/s1. The molecule has 2 aromatic carbocycles. The highest BCUT2D eigenvalue weighted by Gasteiger charge is 2.20. The fourth-order valence-electron chi connectivity index (χ4n) is 3.21. The van der Waals surface area contributed by atoms with E-state index in [-0.39, 0.29) is 23.0 Å². The molecule has 10 heteroatoms. The zero-order chi connectivity index (χ0) is 23.7. The van der Waals surface area contributed by atoms with E-state index in [0.717, 1.165) is 48.4 Å². The molecule has 0 bridgehead atoms. The first-order valence-corrected chi connectivity index (χ1v) is 12.1. The number of nitrogens with zero attached hydrogens (tertiary/aromatic N) is 1. The Morgan fingerprint density at radius 2 is 1.94 bits per heavy atom. The maximum absolute atomic E-state index is 12.4. The van der Waals surface area contributed by atoms with E-state index >= 15 is 0 Å². The van der Waals surface area contributed by atoms with Crippen molar-refractivity contribution >= 4 is 27.3 Å². The average Bonchev–Trinajstić information content (AvgIpc) is 2.76. The van der Waals surface area contributed by atoms with Gasteiger partial charge >= 0.3 is 0 Å². The second-order valence-electron chi connectivity index (χ2n) is 7.43. The summed E-state index contributed by atoms with van der Waals surface area (Å²) in [5.41, 5.74) is 1.69. The molecular weight excluding hydrogens is 454 g/mol. The van der Waals surface area contributed by atoms with Gasteiger partial charge < -0.3 is 10.4 Å². The normalized spacial score (nSPS) is 13.3. The number of hydrogen-bond acceptors (Lipinski definition) is 6. The van der Waals surface area contributed by atoms with Crippen molar-refractivity contribution in [1.82, 2.24) is 10.0 Å². The molecule has 0 aliphatic carbocycles. The molecule has 0 aromatic heterocycles. The van der Waals surface area contributed by atoms with Crippen LogP contribution in [0.3, 0.4) is 0 Å². The maximum atomic E-state index is 12.4. The number of nitro groups is 1. The van der Waals surface area contributed by atoms with Gasteiger partial charge in [-0.15, -0.1) is 0 Å². The molecule has 0 radical (unpaired) electrons. The molecule has 8 nitrogen and oxygen atoms in total. The third kappa shape index (κ3) is 7.90. The minimum Gasteiger partial charge on any atom is -0.392 e. The molecule has 0 saturated heterocycles. The topological polar surface area (TPSA) is 122 Å². The van der Waals surface area contributed by atoms with Crippen LogP contribution in [0.15, 0.2) is 65.7 Å². The van der Waals surface area contributed by atoms with Crippen molar-refractivity contribution in [2.45, 2.75) is 37.2 Å². The lowest BCUT2D eigenvalue weighted by Crippen LogP contribution is -2.34. The molecule has 0 aliphatic rings. The lowest BCUT2D eigenvalue weighted by Gasteiger charge is -2.22. The molecule has 0 unspecified atom stereocenters. The molecule has 3 N–H and O–H groups in total. The number of aliphatic hydroxyl groups excluding tert-OH is 1. The molecule has 0 amide bonds.